The van der Waals surface area contributed by atoms with E-state index in [0.717, 1.165) is 25.1 Å². The molecule has 8 heteroatoms. The Kier molecular flexibility index (Phi) is 4.95. The Bertz CT molecular complexity index is 666. The molecule has 0 bridgehead atoms. The average Bonchev–Trinajstić information content (AvgIpc) is 3.27. The fourth-order valence-electron chi connectivity index (χ4n) is 3.69. The summed E-state index contributed by atoms with van der Waals surface area (Å²) in [5.74, 6) is 1.48. The normalized spacial score (nSPS) is 26.9. The van der Waals surface area contributed by atoms with Crippen molar-refractivity contribution >= 4 is 11.8 Å². The van der Waals surface area contributed by atoms with Gasteiger partial charge >= 0.3 is 0 Å². The van der Waals surface area contributed by atoms with Crippen LogP contribution in [0.1, 0.15) is 41.9 Å². The Balaban J connectivity index is 1.28. The molecule has 0 aromatic carbocycles. The molecule has 26 heavy (non-hydrogen) atoms. The molecule has 1 aromatic rings. The lowest BCUT2D eigenvalue weighted by Gasteiger charge is -2.28. The number of carbonyl (C=O) groups is 2. The number of hydrogen-bond donors (Lipinski definition) is 1. The van der Waals surface area contributed by atoms with Gasteiger partial charge in [0, 0.05) is 44.2 Å². The van der Waals surface area contributed by atoms with Gasteiger partial charge in [-0.1, -0.05) is 12.1 Å². The third-order valence-corrected chi connectivity index (χ3v) is 5.47. The molecule has 1 saturated carbocycles. The van der Waals surface area contributed by atoms with Crippen LogP contribution in [-0.4, -0.2) is 78.8 Å². The molecule has 3 heterocycles. The summed E-state index contributed by atoms with van der Waals surface area (Å²) in [7, 11) is 0. The number of nitrogens with one attached hydrogen (secondary N) is 1. The molecular formula is C18H26N4O4. The lowest BCUT2D eigenvalue weighted by molar-refractivity contribution is -0.136. The van der Waals surface area contributed by atoms with E-state index in [9.17, 15) is 9.59 Å². The van der Waals surface area contributed by atoms with Crippen molar-refractivity contribution in [3.8, 4) is 0 Å². The fraction of sp³-hybridized carbons (Fsp3) is 0.722. The van der Waals surface area contributed by atoms with Crippen molar-refractivity contribution < 1.29 is 18.8 Å². The van der Waals surface area contributed by atoms with Crippen molar-refractivity contribution in [2.45, 2.75) is 31.7 Å². The van der Waals surface area contributed by atoms with Crippen LogP contribution < -0.4 is 5.32 Å². The fourth-order valence-corrected chi connectivity index (χ4v) is 3.69. The molecule has 4 rings (SSSR count). The van der Waals surface area contributed by atoms with Crippen LogP contribution in [0.15, 0.2) is 10.6 Å². The predicted octanol–water partition coefficient (Wildman–Crippen LogP) is 0.461. The number of hydrogen-bond acceptors (Lipinski definition) is 6. The zero-order valence-electron chi connectivity index (χ0n) is 15.1. The van der Waals surface area contributed by atoms with E-state index in [0.29, 0.717) is 51.0 Å². The highest BCUT2D eigenvalue weighted by molar-refractivity contribution is 5.92. The zero-order chi connectivity index (χ0) is 18.1. The van der Waals surface area contributed by atoms with Crippen molar-refractivity contribution in [1.82, 2.24) is 20.3 Å². The maximum atomic E-state index is 12.4. The minimum atomic E-state index is -0.196. The van der Waals surface area contributed by atoms with E-state index >= 15 is 0 Å². The van der Waals surface area contributed by atoms with E-state index in [-0.39, 0.29) is 23.8 Å². The molecule has 1 N–H and O–H groups in total. The topological polar surface area (TPSA) is 87.9 Å². The Morgan fingerprint density at radius 1 is 1.27 bits per heavy atom. The minimum Gasteiger partial charge on any atom is -0.378 e. The number of carbonyl (C=O) groups excluding carboxylic acids is 2. The highest BCUT2D eigenvalue weighted by atomic mass is 16.5. The molecular weight excluding hydrogens is 336 g/mol. The molecule has 2 atom stereocenters. The van der Waals surface area contributed by atoms with Crippen LogP contribution in [0, 0.1) is 5.92 Å². The average molecular weight is 362 g/mol. The molecule has 3 fully saturated rings. The smallest absolute Gasteiger partial charge is 0.273 e. The third-order valence-electron chi connectivity index (χ3n) is 5.47. The van der Waals surface area contributed by atoms with Gasteiger partial charge in [-0.25, -0.2) is 0 Å². The summed E-state index contributed by atoms with van der Waals surface area (Å²) >= 11 is 0. The van der Waals surface area contributed by atoms with Gasteiger partial charge in [0.05, 0.1) is 19.8 Å². The summed E-state index contributed by atoms with van der Waals surface area (Å²) in [5.41, 5.74) is 0.349. The third kappa shape index (κ3) is 3.91. The zero-order valence-corrected chi connectivity index (χ0v) is 15.1. The molecule has 3 aliphatic rings. The number of nitrogens with zero attached hydrogens (tertiary/aromatic N) is 3. The second-order valence-corrected chi connectivity index (χ2v) is 7.63. The second-order valence-electron chi connectivity index (χ2n) is 7.63. The molecule has 0 spiro atoms. The van der Waals surface area contributed by atoms with Crippen LogP contribution in [0.25, 0.3) is 0 Å². The Morgan fingerprint density at radius 3 is 2.77 bits per heavy atom. The second kappa shape index (κ2) is 7.36. The molecule has 142 valence electrons. The van der Waals surface area contributed by atoms with Crippen LogP contribution in [-0.2, 0) is 9.53 Å². The van der Waals surface area contributed by atoms with Crippen LogP contribution in [0.2, 0.25) is 0 Å². The van der Waals surface area contributed by atoms with E-state index in [1.807, 2.05) is 4.90 Å². The Labute approximate surface area is 152 Å². The van der Waals surface area contributed by atoms with Gasteiger partial charge in [0.1, 0.15) is 5.76 Å². The first-order chi connectivity index (χ1) is 12.6. The summed E-state index contributed by atoms with van der Waals surface area (Å²) < 4.78 is 10.6. The lowest BCUT2D eigenvalue weighted by atomic mass is 10.1. The highest BCUT2D eigenvalue weighted by Crippen LogP contribution is 2.40. The molecule has 0 radical (unpaired) electrons. The Morgan fingerprint density at radius 2 is 2.04 bits per heavy atom. The summed E-state index contributed by atoms with van der Waals surface area (Å²) in [4.78, 5) is 28.8. The number of ether oxygens (including phenoxy) is 1. The van der Waals surface area contributed by atoms with Crippen LogP contribution in [0.5, 0.6) is 0 Å². The molecule has 2 amide bonds. The van der Waals surface area contributed by atoms with Crippen molar-refractivity contribution in [2.75, 3.05) is 45.9 Å². The maximum Gasteiger partial charge on any atom is 0.273 e. The molecule has 1 aliphatic carbocycles. The van der Waals surface area contributed by atoms with Gasteiger partial charge in [-0.15, -0.1) is 0 Å². The van der Waals surface area contributed by atoms with Gasteiger partial charge < -0.3 is 19.5 Å². The molecule has 0 unspecified atom stereocenters. The van der Waals surface area contributed by atoms with E-state index in [1.165, 1.54) is 0 Å². The first-order valence-electron chi connectivity index (χ1n) is 9.45. The van der Waals surface area contributed by atoms with E-state index in [4.69, 9.17) is 9.26 Å². The van der Waals surface area contributed by atoms with Crippen molar-refractivity contribution in [3.05, 3.63) is 17.5 Å². The van der Waals surface area contributed by atoms with Gasteiger partial charge in [-0.2, -0.15) is 0 Å². The molecule has 8 nitrogen and oxygen atoms in total. The molecule has 2 aliphatic heterocycles. The number of aromatic nitrogens is 1. The number of morpholine rings is 1. The summed E-state index contributed by atoms with van der Waals surface area (Å²) in [6.45, 7) is 6.52. The lowest BCUT2D eigenvalue weighted by Crippen LogP contribution is -2.46. The molecule has 1 aromatic heterocycles. The first kappa shape index (κ1) is 17.5. The highest BCUT2D eigenvalue weighted by Gasteiger charge is 2.34. The van der Waals surface area contributed by atoms with Crippen LogP contribution in [0.3, 0.4) is 0 Å². The quantitative estimate of drug-likeness (QED) is 0.819. The SMILES string of the molecule is C[C@H]1CN(CC(=O)N2CCOCC2)C[C@@H]1NC(=O)c1cc(C2CC2)on1. The number of amides is 2. The van der Waals surface area contributed by atoms with Crippen LogP contribution >= 0.6 is 0 Å². The Hall–Kier alpha value is -1.93. The summed E-state index contributed by atoms with van der Waals surface area (Å²) in [6.07, 6.45) is 2.23. The number of rotatable bonds is 5. The maximum absolute atomic E-state index is 12.4. The largest absolute Gasteiger partial charge is 0.378 e. The minimum absolute atomic E-state index is 0.0149. The van der Waals surface area contributed by atoms with E-state index in [1.54, 1.807) is 6.07 Å². The number of likely N-dealkylation sites (tertiary alicyclic amines) is 1. The molecule has 2 saturated heterocycles. The first-order valence-corrected chi connectivity index (χ1v) is 9.45. The van der Waals surface area contributed by atoms with Gasteiger partial charge in [0.15, 0.2) is 5.69 Å². The van der Waals surface area contributed by atoms with Crippen molar-refractivity contribution in [3.63, 3.8) is 0 Å². The summed E-state index contributed by atoms with van der Waals surface area (Å²) in [5, 5.41) is 6.95. The summed E-state index contributed by atoms with van der Waals surface area (Å²) in [6, 6.07) is 1.77. The van der Waals surface area contributed by atoms with Gasteiger partial charge in [0.2, 0.25) is 5.91 Å². The van der Waals surface area contributed by atoms with E-state index < -0.39 is 0 Å². The standard InChI is InChI=1S/C18H26N4O4/c1-12-9-21(11-17(23)22-4-6-25-7-5-22)10-15(12)19-18(24)14-8-16(26-20-14)13-2-3-13/h8,12-13,15H,2-7,9-11H2,1H3,(H,19,24)/t12-,15-/m0/s1. The van der Waals surface area contributed by atoms with Crippen molar-refractivity contribution in [1.29, 1.82) is 0 Å². The van der Waals surface area contributed by atoms with Crippen molar-refractivity contribution in [2.24, 2.45) is 5.92 Å². The van der Waals surface area contributed by atoms with Crippen LogP contribution in [0.4, 0.5) is 0 Å². The predicted molar refractivity (Wildman–Crippen MR) is 92.7 cm³/mol. The van der Waals surface area contributed by atoms with Gasteiger partial charge in [0.25, 0.3) is 5.91 Å². The monoisotopic (exact) mass is 362 g/mol. The van der Waals surface area contributed by atoms with E-state index in [2.05, 4.69) is 22.3 Å². The van der Waals surface area contributed by atoms with Gasteiger partial charge in [-0.05, 0) is 18.8 Å². The van der Waals surface area contributed by atoms with Gasteiger partial charge in [-0.3, -0.25) is 14.5 Å².